The van der Waals surface area contributed by atoms with Crippen molar-refractivity contribution in [3.8, 4) is 11.5 Å². The lowest BCUT2D eigenvalue weighted by molar-refractivity contribution is 0.479. The van der Waals surface area contributed by atoms with E-state index < -0.39 is 0 Å². The molecular formula is C16H17BrClNO. The molecular weight excluding hydrogens is 338 g/mol. The summed E-state index contributed by atoms with van der Waals surface area (Å²) in [6.45, 7) is 4.01. The van der Waals surface area contributed by atoms with Crippen molar-refractivity contribution in [2.24, 2.45) is 5.73 Å². The van der Waals surface area contributed by atoms with Crippen molar-refractivity contribution in [2.75, 3.05) is 0 Å². The van der Waals surface area contributed by atoms with Crippen LogP contribution in [0, 0.1) is 6.92 Å². The Morgan fingerprint density at radius 1 is 1.20 bits per heavy atom. The van der Waals surface area contributed by atoms with Gasteiger partial charge >= 0.3 is 0 Å². The molecule has 1 atom stereocenters. The fourth-order valence-corrected chi connectivity index (χ4v) is 2.75. The van der Waals surface area contributed by atoms with E-state index in [1.807, 2.05) is 50.2 Å². The summed E-state index contributed by atoms with van der Waals surface area (Å²) in [5, 5.41) is 0.593. The lowest BCUT2D eigenvalue weighted by atomic mass is 10.1. The van der Waals surface area contributed by atoms with E-state index in [-0.39, 0.29) is 6.04 Å². The van der Waals surface area contributed by atoms with E-state index >= 15 is 0 Å². The van der Waals surface area contributed by atoms with Crippen LogP contribution in [0.3, 0.4) is 0 Å². The second-order valence-corrected chi connectivity index (χ2v) is 6.24. The van der Waals surface area contributed by atoms with Gasteiger partial charge in [-0.25, -0.2) is 0 Å². The van der Waals surface area contributed by atoms with Gasteiger partial charge in [0, 0.05) is 6.04 Å². The molecule has 0 aromatic heterocycles. The van der Waals surface area contributed by atoms with E-state index in [2.05, 4.69) is 15.9 Å². The van der Waals surface area contributed by atoms with Gasteiger partial charge in [0.05, 0.1) is 9.50 Å². The topological polar surface area (TPSA) is 35.2 Å². The van der Waals surface area contributed by atoms with Crippen molar-refractivity contribution in [1.29, 1.82) is 0 Å². The number of hydrogen-bond acceptors (Lipinski definition) is 2. The molecule has 1 unspecified atom stereocenters. The summed E-state index contributed by atoms with van der Waals surface area (Å²) >= 11 is 9.76. The van der Waals surface area contributed by atoms with Crippen LogP contribution in [-0.2, 0) is 6.42 Å². The third-order valence-corrected chi connectivity index (χ3v) is 3.78. The molecule has 2 rings (SSSR count). The molecule has 0 heterocycles. The molecule has 0 spiro atoms. The van der Waals surface area contributed by atoms with Crippen LogP contribution in [0.2, 0.25) is 5.02 Å². The summed E-state index contributed by atoms with van der Waals surface area (Å²) < 4.78 is 6.76. The van der Waals surface area contributed by atoms with Crippen LogP contribution in [0.1, 0.15) is 18.1 Å². The third-order valence-electron chi connectivity index (χ3n) is 2.86. The van der Waals surface area contributed by atoms with Crippen LogP contribution in [0.25, 0.3) is 0 Å². The lowest BCUT2D eigenvalue weighted by Gasteiger charge is -2.12. The highest BCUT2D eigenvalue weighted by atomic mass is 79.9. The quantitative estimate of drug-likeness (QED) is 0.829. The molecule has 0 aliphatic heterocycles. The summed E-state index contributed by atoms with van der Waals surface area (Å²) in [6.07, 6.45) is 0.800. The van der Waals surface area contributed by atoms with E-state index in [1.54, 1.807) is 0 Å². The average Bonchev–Trinajstić information content (AvgIpc) is 2.34. The number of rotatable bonds is 4. The fraction of sp³-hybridized carbons (Fsp3) is 0.250. The zero-order chi connectivity index (χ0) is 14.7. The predicted molar refractivity (Wildman–Crippen MR) is 87.8 cm³/mol. The molecule has 0 amide bonds. The monoisotopic (exact) mass is 353 g/mol. The number of halogens is 2. The minimum Gasteiger partial charge on any atom is -0.455 e. The Morgan fingerprint density at radius 2 is 1.90 bits per heavy atom. The fourth-order valence-electron chi connectivity index (χ4n) is 1.93. The molecule has 0 saturated heterocycles. The molecule has 0 fully saturated rings. The Labute approximate surface area is 133 Å². The predicted octanol–water partition coefficient (Wildman–Crippen LogP) is 5.09. The Kier molecular flexibility index (Phi) is 5.08. The van der Waals surface area contributed by atoms with Crippen molar-refractivity contribution < 1.29 is 4.74 Å². The van der Waals surface area contributed by atoms with Gasteiger partial charge in [-0.3, -0.25) is 0 Å². The number of hydrogen-bond donors (Lipinski definition) is 1. The van der Waals surface area contributed by atoms with E-state index in [4.69, 9.17) is 22.1 Å². The standard InChI is InChI=1S/C16H17BrClNO/c1-10-3-5-15(13(17)7-10)20-16-6-4-12(8-11(2)19)9-14(16)18/h3-7,9,11H,8,19H2,1-2H3. The molecule has 0 aliphatic carbocycles. The highest BCUT2D eigenvalue weighted by Crippen LogP contribution is 2.34. The van der Waals surface area contributed by atoms with Gasteiger partial charge in [0.1, 0.15) is 11.5 Å². The molecule has 0 aliphatic rings. The number of aryl methyl sites for hydroxylation is 1. The third kappa shape index (κ3) is 3.98. The van der Waals surface area contributed by atoms with Gasteiger partial charge in [0.25, 0.3) is 0 Å². The van der Waals surface area contributed by atoms with Crippen molar-refractivity contribution >= 4 is 27.5 Å². The first-order valence-corrected chi connectivity index (χ1v) is 7.61. The van der Waals surface area contributed by atoms with Crippen LogP contribution >= 0.6 is 27.5 Å². The van der Waals surface area contributed by atoms with Gasteiger partial charge in [-0.15, -0.1) is 0 Å². The maximum atomic E-state index is 6.27. The van der Waals surface area contributed by atoms with Crippen molar-refractivity contribution in [3.05, 3.63) is 57.0 Å². The largest absolute Gasteiger partial charge is 0.455 e. The lowest BCUT2D eigenvalue weighted by Crippen LogP contribution is -2.17. The number of nitrogens with two attached hydrogens (primary N) is 1. The van der Waals surface area contributed by atoms with Gasteiger partial charge in [0.15, 0.2) is 0 Å². The van der Waals surface area contributed by atoms with E-state index in [1.165, 1.54) is 5.56 Å². The molecule has 2 aromatic carbocycles. The molecule has 106 valence electrons. The Hall–Kier alpha value is -1.03. The maximum absolute atomic E-state index is 6.27. The summed E-state index contributed by atoms with van der Waals surface area (Å²) in [4.78, 5) is 0. The van der Waals surface area contributed by atoms with E-state index in [0.29, 0.717) is 10.8 Å². The average molecular weight is 355 g/mol. The molecule has 0 radical (unpaired) electrons. The van der Waals surface area contributed by atoms with Gasteiger partial charge in [-0.2, -0.15) is 0 Å². The molecule has 2 aromatic rings. The minimum absolute atomic E-state index is 0.115. The van der Waals surface area contributed by atoms with Crippen LogP contribution < -0.4 is 10.5 Å². The zero-order valence-electron chi connectivity index (χ0n) is 11.5. The van der Waals surface area contributed by atoms with Crippen molar-refractivity contribution in [2.45, 2.75) is 26.3 Å². The second kappa shape index (κ2) is 6.61. The summed E-state index contributed by atoms with van der Waals surface area (Å²) in [5.74, 6) is 1.39. The Bertz CT molecular complexity index is 613. The smallest absolute Gasteiger partial charge is 0.146 e. The van der Waals surface area contributed by atoms with Crippen LogP contribution in [0.15, 0.2) is 40.9 Å². The molecule has 20 heavy (non-hydrogen) atoms. The molecule has 0 saturated carbocycles. The SMILES string of the molecule is Cc1ccc(Oc2ccc(CC(C)N)cc2Cl)c(Br)c1. The summed E-state index contributed by atoms with van der Waals surface area (Å²) in [7, 11) is 0. The summed E-state index contributed by atoms with van der Waals surface area (Å²) in [5.41, 5.74) is 8.07. The van der Waals surface area contributed by atoms with Crippen molar-refractivity contribution in [3.63, 3.8) is 0 Å². The highest BCUT2D eigenvalue weighted by molar-refractivity contribution is 9.10. The van der Waals surface area contributed by atoms with Crippen LogP contribution in [0.4, 0.5) is 0 Å². The number of benzene rings is 2. The number of ether oxygens (including phenoxy) is 1. The highest BCUT2D eigenvalue weighted by Gasteiger charge is 2.08. The Balaban J connectivity index is 2.21. The van der Waals surface area contributed by atoms with Gasteiger partial charge in [-0.1, -0.05) is 23.7 Å². The first-order chi connectivity index (χ1) is 9.45. The molecule has 4 heteroatoms. The molecule has 2 nitrogen and oxygen atoms in total. The minimum atomic E-state index is 0.115. The normalized spacial score (nSPS) is 12.2. The van der Waals surface area contributed by atoms with Gasteiger partial charge < -0.3 is 10.5 Å². The first-order valence-electron chi connectivity index (χ1n) is 6.43. The van der Waals surface area contributed by atoms with Gasteiger partial charge in [0.2, 0.25) is 0 Å². The van der Waals surface area contributed by atoms with Crippen LogP contribution in [-0.4, -0.2) is 6.04 Å². The maximum Gasteiger partial charge on any atom is 0.146 e. The van der Waals surface area contributed by atoms with Crippen molar-refractivity contribution in [1.82, 2.24) is 0 Å². The van der Waals surface area contributed by atoms with E-state index in [9.17, 15) is 0 Å². The Morgan fingerprint density at radius 3 is 2.50 bits per heavy atom. The first kappa shape index (κ1) is 15.4. The molecule has 2 N–H and O–H groups in total. The van der Waals surface area contributed by atoms with E-state index in [0.717, 1.165) is 22.2 Å². The summed E-state index contributed by atoms with van der Waals surface area (Å²) in [6, 6.07) is 11.8. The zero-order valence-corrected chi connectivity index (χ0v) is 13.8. The molecule has 0 bridgehead atoms. The van der Waals surface area contributed by atoms with Gasteiger partial charge in [-0.05, 0) is 71.6 Å². The van der Waals surface area contributed by atoms with Crippen LogP contribution in [0.5, 0.6) is 11.5 Å². The second-order valence-electron chi connectivity index (χ2n) is 4.98.